The van der Waals surface area contributed by atoms with Crippen molar-refractivity contribution in [3.63, 3.8) is 0 Å². The molecule has 1 aliphatic rings. The van der Waals surface area contributed by atoms with Gasteiger partial charge in [0.1, 0.15) is 6.04 Å². The van der Waals surface area contributed by atoms with E-state index in [1.165, 1.54) is 28.2 Å². The first-order chi connectivity index (χ1) is 9.86. The summed E-state index contributed by atoms with van der Waals surface area (Å²) < 4.78 is 0. The van der Waals surface area contributed by atoms with Gasteiger partial charge in [-0.05, 0) is 49.1 Å². The average Bonchev–Trinajstić information content (AvgIpc) is 2.80. The van der Waals surface area contributed by atoms with Gasteiger partial charge in [0.15, 0.2) is 0 Å². The lowest BCUT2D eigenvalue weighted by Crippen LogP contribution is -2.41. The topological polar surface area (TPSA) is 66.4 Å². The summed E-state index contributed by atoms with van der Waals surface area (Å²) in [6.45, 7) is 6.13. The standard InChI is InChI=1S/C16H23NO3S/c1-9(2)6-12(16(19)20)17-15(18)14-8-11-7-10(3)4-5-13(11)21-14/h8-10,12H,4-7H2,1-3H3,(H,17,18)(H,19,20). The van der Waals surface area contributed by atoms with Crippen LogP contribution in [0.1, 0.15) is 53.7 Å². The molecule has 4 nitrogen and oxygen atoms in total. The minimum absolute atomic E-state index is 0.226. The normalized spacial score (nSPS) is 19.1. The van der Waals surface area contributed by atoms with E-state index in [-0.39, 0.29) is 11.8 Å². The van der Waals surface area contributed by atoms with E-state index in [0.717, 1.165) is 12.8 Å². The lowest BCUT2D eigenvalue weighted by Gasteiger charge is -2.16. The number of aliphatic carboxylic acids is 1. The fourth-order valence-corrected chi connectivity index (χ4v) is 3.85. The Morgan fingerprint density at radius 3 is 2.81 bits per heavy atom. The van der Waals surface area contributed by atoms with Crippen LogP contribution in [0, 0.1) is 11.8 Å². The number of carbonyl (C=O) groups is 2. The fraction of sp³-hybridized carbons (Fsp3) is 0.625. The van der Waals surface area contributed by atoms with Gasteiger partial charge in [0.2, 0.25) is 0 Å². The zero-order valence-corrected chi connectivity index (χ0v) is 13.6. The van der Waals surface area contributed by atoms with Crippen LogP contribution >= 0.6 is 11.3 Å². The number of hydrogen-bond acceptors (Lipinski definition) is 3. The van der Waals surface area contributed by atoms with E-state index in [1.807, 2.05) is 19.9 Å². The molecule has 0 spiro atoms. The van der Waals surface area contributed by atoms with E-state index in [1.54, 1.807) is 0 Å². The maximum atomic E-state index is 12.3. The Hall–Kier alpha value is -1.36. The summed E-state index contributed by atoms with van der Waals surface area (Å²) in [6, 6.07) is 1.13. The third kappa shape index (κ3) is 4.06. The molecular formula is C16H23NO3S. The second-order valence-electron chi connectivity index (χ2n) is 6.40. The maximum absolute atomic E-state index is 12.3. The van der Waals surface area contributed by atoms with Gasteiger partial charge in [-0.3, -0.25) is 4.79 Å². The summed E-state index contributed by atoms with van der Waals surface area (Å²) in [5.74, 6) is -0.332. The highest BCUT2D eigenvalue weighted by atomic mass is 32.1. The molecular weight excluding hydrogens is 286 g/mol. The van der Waals surface area contributed by atoms with Crippen LogP contribution in [0.15, 0.2) is 6.07 Å². The molecule has 1 amide bonds. The van der Waals surface area contributed by atoms with Gasteiger partial charge in [0, 0.05) is 4.88 Å². The summed E-state index contributed by atoms with van der Waals surface area (Å²) in [4.78, 5) is 25.4. The van der Waals surface area contributed by atoms with Crippen molar-refractivity contribution >= 4 is 23.2 Å². The van der Waals surface area contributed by atoms with Crippen LogP contribution in [0.5, 0.6) is 0 Å². The number of carbonyl (C=O) groups excluding carboxylic acids is 1. The largest absolute Gasteiger partial charge is 0.480 e. The molecule has 0 aromatic carbocycles. The van der Waals surface area contributed by atoms with Crippen LogP contribution in [-0.2, 0) is 17.6 Å². The number of amides is 1. The van der Waals surface area contributed by atoms with Crippen LogP contribution in [-0.4, -0.2) is 23.0 Å². The summed E-state index contributed by atoms with van der Waals surface area (Å²) in [5.41, 5.74) is 1.26. The van der Waals surface area contributed by atoms with E-state index in [2.05, 4.69) is 12.2 Å². The first kappa shape index (κ1) is 16.0. The highest BCUT2D eigenvalue weighted by Gasteiger charge is 2.25. The Kier molecular flexibility index (Phi) is 5.04. The summed E-state index contributed by atoms with van der Waals surface area (Å²) in [6.07, 6.45) is 3.67. The Balaban J connectivity index is 2.07. The van der Waals surface area contributed by atoms with Crippen LogP contribution < -0.4 is 5.32 Å². The predicted octanol–water partition coefficient (Wildman–Crippen LogP) is 3.10. The molecule has 1 heterocycles. The lowest BCUT2D eigenvalue weighted by atomic mass is 9.90. The van der Waals surface area contributed by atoms with Gasteiger partial charge in [0.05, 0.1) is 4.88 Å². The van der Waals surface area contributed by atoms with E-state index in [4.69, 9.17) is 0 Å². The second kappa shape index (κ2) is 6.60. The van der Waals surface area contributed by atoms with E-state index >= 15 is 0 Å². The number of nitrogens with one attached hydrogen (secondary N) is 1. The molecule has 21 heavy (non-hydrogen) atoms. The number of fused-ring (bicyclic) bond motifs is 1. The van der Waals surface area contributed by atoms with Crippen molar-refractivity contribution in [2.75, 3.05) is 0 Å². The minimum Gasteiger partial charge on any atom is -0.480 e. The molecule has 0 radical (unpaired) electrons. The van der Waals surface area contributed by atoms with Crippen LogP contribution in [0.4, 0.5) is 0 Å². The Morgan fingerprint density at radius 1 is 1.48 bits per heavy atom. The van der Waals surface area contributed by atoms with Gasteiger partial charge in [-0.15, -0.1) is 11.3 Å². The van der Waals surface area contributed by atoms with Crippen molar-refractivity contribution in [3.05, 3.63) is 21.4 Å². The third-order valence-corrected chi connectivity index (χ3v) is 5.10. The van der Waals surface area contributed by atoms with Crippen LogP contribution in [0.25, 0.3) is 0 Å². The predicted molar refractivity (Wildman–Crippen MR) is 83.9 cm³/mol. The number of carboxylic acids is 1. The average molecular weight is 309 g/mol. The lowest BCUT2D eigenvalue weighted by molar-refractivity contribution is -0.139. The first-order valence-corrected chi connectivity index (χ1v) is 8.33. The van der Waals surface area contributed by atoms with Gasteiger partial charge in [-0.2, -0.15) is 0 Å². The SMILES string of the molecule is CC(C)CC(NC(=O)c1cc2c(s1)CCC(C)C2)C(=O)O. The molecule has 5 heteroatoms. The van der Waals surface area contributed by atoms with Crippen LogP contribution in [0.2, 0.25) is 0 Å². The van der Waals surface area contributed by atoms with Crippen molar-refractivity contribution in [1.29, 1.82) is 0 Å². The van der Waals surface area contributed by atoms with E-state index < -0.39 is 12.0 Å². The minimum atomic E-state index is -0.966. The van der Waals surface area contributed by atoms with Gasteiger partial charge >= 0.3 is 5.97 Å². The van der Waals surface area contributed by atoms with Crippen molar-refractivity contribution in [2.45, 2.75) is 52.5 Å². The highest BCUT2D eigenvalue weighted by molar-refractivity contribution is 7.14. The highest BCUT2D eigenvalue weighted by Crippen LogP contribution is 2.32. The quantitative estimate of drug-likeness (QED) is 0.878. The van der Waals surface area contributed by atoms with Gasteiger partial charge < -0.3 is 10.4 Å². The van der Waals surface area contributed by atoms with Crippen molar-refractivity contribution < 1.29 is 14.7 Å². The molecule has 1 aromatic heterocycles. The molecule has 0 saturated carbocycles. The monoisotopic (exact) mass is 309 g/mol. The number of aryl methyl sites for hydroxylation is 1. The second-order valence-corrected chi connectivity index (χ2v) is 7.54. The number of carboxylic acid groups (broad SMARTS) is 1. The molecule has 1 aromatic rings. The molecule has 0 aliphatic heterocycles. The maximum Gasteiger partial charge on any atom is 0.326 e. The Labute approximate surface area is 129 Å². The van der Waals surface area contributed by atoms with Gasteiger partial charge in [-0.25, -0.2) is 4.79 Å². The molecule has 116 valence electrons. The Morgan fingerprint density at radius 2 is 2.19 bits per heavy atom. The van der Waals surface area contributed by atoms with E-state index in [9.17, 15) is 14.7 Å². The molecule has 0 saturated heterocycles. The van der Waals surface area contributed by atoms with Crippen molar-refractivity contribution in [3.8, 4) is 0 Å². The number of rotatable bonds is 5. The van der Waals surface area contributed by atoms with Gasteiger partial charge in [-0.1, -0.05) is 20.8 Å². The summed E-state index contributed by atoms with van der Waals surface area (Å²) in [7, 11) is 0. The summed E-state index contributed by atoms with van der Waals surface area (Å²) in [5, 5.41) is 11.9. The van der Waals surface area contributed by atoms with Crippen molar-refractivity contribution in [2.24, 2.45) is 11.8 Å². The van der Waals surface area contributed by atoms with Gasteiger partial charge in [0.25, 0.3) is 5.91 Å². The Bertz CT molecular complexity index is 536. The molecule has 2 unspecified atom stereocenters. The molecule has 2 atom stereocenters. The van der Waals surface area contributed by atoms with Crippen molar-refractivity contribution in [1.82, 2.24) is 5.32 Å². The third-order valence-electron chi connectivity index (χ3n) is 3.86. The number of hydrogen-bond donors (Lipinski definition) is 2. The van der Waals surface area contributed by atoms with E-state index in [0.29, 0.717) is 17.2 Å². The molecule has 0 fully saturated rings. The zero-order chi connectivity index (χ0) is 15.6. The zero-order valence-electron chi connectivity index (χ0n) is 12.8. The molecule has 0 bridgehead atoms. The molecule has 1 aliphatic carbocycles. The summed E-state index contributed by atoms with van der Waals surface area (Å²) >= 11 is 1.51. The molecule has 2 N–H and O–H groups in total. The first-order valence-electron chi connectivity index (χ1n) is 7.52. The molecule has 2 rings (SSSR count). The fourth-order valence-electron chi connectivity index (χ4n) is 2.74. The number of thiophene rings is 1. The van der Waals surface area contributed by atoms with Crippen LogP contribution in [0.3, 0.4) is 0 Å². The smallest absolute Gasteiger partial charge is 0.326 e.